The second kappa shape index (κ2) is 9.18. The van der Waals surface area contributed by atoms with E-state index in [1.807, 2.05) is 42.2 Å². The topological polar surface area (TPSA) is 48.6 Å². The number of benzene rings is 2. The number of ether oxygens (including phenoxy) is 1. The maximum Gasteiger partial charge on any atom is 0.246 e. The molecule has 156 valence electrons. The first-order valence-electron chi connectivity index (χ1n) is 10.5. The number of fused-ring (bicyclic) bond motifs is 1. The van der Waals surface area contributed by atoms with Crippen molar-refractivity contribution < 1.29 is 9.53 Å². The molecule has 30 heavy (non-hydrogen) atoms. The van der Waals surface area contributed by atoms with Gasteiger partial charge in [-0.2, -0.15) is 0 Å². The van der Waals surface area contributed by atoms with Crippen LogP contribution >= 0.6 is 0 Å². The summed E-state index contributed by atoms with van der Waals surface area (Å²) < 4.78 is 5.21. The molecule has 5 nitrogen and oxygen atoms in total. The molecule has 1 aliphatic rings. The number of hydrogen-bond acceptors (Lipinski definition) is 3. The van der Waals surface area contributed by atoms with Gasteiger partial charge in [-0.15, -0.1) is 0 Å². The lowest BCUT2D eigenvalue weighted by molar-refractivity contribution is -0.127. The molecule has 1 aliphatic heterocycles. The molecule has 1 N–H and O–H groups in total. The number of rotatable bonds is 6. The predicted molar refractivity (Wildman–Crippen MR) is 122 cm³/mol. The van der Waals surface area contributed by atoms with Gasteiger partial charge in [0.15, 0.2) is 0 Å². The van der Waals surface area contributed by atoms with E-state index in [4.69, 9.17) is 4.74 Å². The molecule has 2 heterocycles. The molecule has 1 amide bonds. The molecule has 0 radical (unpaired) electrons. The molecule has 0 aliphatic carbocycles. The maximum absolute atomic E-state index is 12.7. The van der Waals surface area contributed by atoms with Gasteiger partial charge in [-0.05, 0) is 43.2 Å². The molecule has 0 saturated carbocycles. The SMILES string of the molecule is COc1ccc(CCN2CCN(C(=O)C=Cc3c(C)[nH]c4ccccc34)CC2)cc1. The molecule has 1 saturated heterocycles. The molecule has 1 fully saturated rings. The minimum atomic E-state index is 0.0921. The number of carbonyl (C=O) groups is 1. The van der Waals surface area contributed by atoms with Crippen LogP contribution in [0.5, 0.6) is 5.75 Å². The molecule has 0 atom stereocenters. The number of carbonyl (C=O) groups excluding carboxylic acids is 1. The summed E-state index contributed by atoms with van der Waals surface area (Å²) in [6.45, 7) is 6.45. The lowest BCUT2D eigenvalue weighted by atomic mass is 10.1. The molecular weight excluding hydrogens is 374 g/mol. The number of hydrogen-bond donors (Lipinski definition) is 1. The summed E-state index contributed by atoms with van der Waals surface area (Å²) >= 11 is 0. The number of piperazine rings is 1. The second-order valence-electron chi connectivity index (χ2n) is 7.81. The summed E-state index contributed by atoms with van der Waals surface area (Å²) in [6, 6.07) is 16.5. The molecule has 1 aromatic heterocycles. The quantitative estimate of drug-likeness (QED) is 0.636. The van der Waals surface area contributed by atoms with Crippen LogP contribution in [0.25, 0.3) is 17.0 Å². The smallest absolute Gasteiger partial charge is 0.246 e. The van der Waals surface area contributed by atoms with Crippen molar-refractivity contribution in [2.24, 2.45) is 0 Å². The van der Waals surface area contributed by atoms with E-state index in [9.17, 15) is 4.79 Å². The third-order valence-corrected chi connectivity index (χ3v) is 5.90. The zero-order valence-corrected chi connectivity index (χ0v) is 17.7. The number of aromatic nitrogens is 1. The molecule has 0 bridgehead atoms. The molecular formula is C25H29N3O2. The predicted octanol–water partition coefficient (Wildman–Crippen LogP) is 3.89. The van der Waals surface area contributed by atoms with Gasteiger partial charge in [-0.3, -0.25) is 9.69 Å². The van der Waals surface area contributed by atoms with E-state index < -0.39 is 0 Å². The Labute approximate surface area is 177 Å². The van der Waals surface area contributed by atoms with E-state index in [-0.39, 0.29) is 5.91 Å². The van der Waals surface area contributed by atoms with Gasteiger partial charge >= 0.3 is 0 Å². The van der Waals surface area contributed by atoms with Gasteiger partial charge in [0, 0.05) is 61.0 Å². The number of amides is 1. The van der Waals surface area contributed by atoms with E-state index in [1.165, 1.54) is 5.56 Å². The Balaban J connectivity index is 1.28. The van der Waals surface area contributed by atoms with E-state index in [1.54, 1.807) is 13.2 Å². The van der Waals surface area contributed by atoms with Crippen LogP contribution in [0.3, 0.4) is 0 Å². The Hall–Kier alpha value is -3.05. The first kappa shape index (κ1) is 20.2. The third-order valence-electron chi connectivity index (χ3n) is 5.90. The zero-order valence-electron chi connectivity index (χ0n) is 17.7. The highest BCUT2D eigenvalue weighted by Crippen LogP contribution is 2.23. The zero-order chi connectivity index (χ0) is 20.9. The molecule has 0 spiro atoms. The highest BCUT2D eigenvalue weighted by molar-refractivity contribution is 5.97. The monoisotopic (exact) mass is 403 g/mol. The lowest BCUT2D eigenvalue weighted by Crippen LogP contribution is -2.48. The first-order chi connectivity index (χ1) is 14.6. The second-order valence-corrected chi connectivity index (χ2v) is 7.81. The van der Waals surface area contributed by atoms with Crippen molar-refractivity contribution in [3.63, 3.8) is 0 Å². The molecule has 3 aromatic rings. The van der Waals surface area contributed by atoms with E-state index in [2.05, 4.69) is 34.1 Å². The first-order valence-corrected chi connectivity index (χ1v) is 10.5. The van der Waals surface area contributed by atoms with Crippen LogP contribution in [0.1, 0.15) is 16.8 Å². The highest BCUT2D eigenvalue weighted by atomic mass is 16.5. The number of nitrogens with one attached hydrogen (secondary N) is 1. The van der Waals surface area contributed by atoms with Crippen molar-refractivity contribution in [2.75, 3.05) is 39.8 Å². The Morgan fingerprint density at radius 1 is 1.07 bits per heavy atom. The van der Waals surface area contributed by atoms with Gasteiger partial charge < -0.3 is 14.6 Å². The number of aromatic amines is 1. The highest BCUT2D eigenvalue weighted by Gasteiger charge is 2.19. The van der Waals surface area contributed by atoms with Gasteiger partial charge in [0.1, 0.15) is 5.75 Å². The summed E-state index contributed by atoms with van der Waals surface area (Å²) in [7, 11) is 1.69. The Morgan fingerprint density at radius 3 is 2.53 bits per heavy atom. The minimum Gasteiger partial charge on any atom is -0.497 e. The minimum absolute atomic E-state index is 0.0921. The summed E-state index contributed by atoms with van der Waals surface area (Å²) in [5.41, 5.74) is 4.60. The van der Waals surface area contributed by atoms with Crippen molar-refractivity contribution in [3.8, 4) is 5.75 Å². The van der Waals surface area contributed by atoms with Crippen molar-refractivity contribution in [1.29, 1.82) is 0 Å². The summed E-state index contributed by atoms with van der Waals surface area (Å²) in [5, 5.41) is 1.16. The van der Waals surface area contributed by atoms with Gasteiger partial charge in [0.25, 0.3) is 0 Å². The standard InChI is InChI=1S/C25H29N3O2/c1-19-22(23-5-3-4-6-24(23)26-19)11-12-25(29)28-17-15-27(16-18-28)14-13-20-7-9-21(30-2)10-8-20/h3-12,26H,13-18H2,1-2H3. The summed E-state index contributed by atoms with van der Waals surface area (Å²) in [5.74, 6) is 0.983. The third kappa shape index (κ3) is 4.57. The van der Waals surface area contributed by atoms with E-state index in [0.717, 1.165) is 67.1 Å². The number of H-pyrrole nitrogens is 1. The van der Waals surface area contributed by atoms with Crippen LogP contribution in [0, 0.1) is 6.92 Å². The number of methoxy groups -OCH3 is 1. The van der Waals surface area contributed by atoms with Gasteiger partial charge in [-0.25, -0.2) is 0 Å². The average molecular weight is 404 g/mol. The van der Waals surface area contributed by atoms with Crippen LogP contribution in [0.15, 0.2) is 54.6 Å². The molecule has 2 aromatic carbocycles. The Kier molecular flexibility index (Phi) is 6.19. The Morgan fingerprint density at radius 2 is 1.80 bits per heavy atom. The number of nitrogens with zero attached hydrogens (tertiary/aromatic N) is 2. The Bertz CT molecular complexity index is 1030. The van der Waals surface area contributed by atoms with E-state index in [0.29, 0.717) is 0 Å². The van der Waals surface area contributed by atoms with Gasteiger partial charge in [0.2, 0.25) is 5.91 Å². The van der Waals surface area contributed by atoms with Crippen molar-refractivity contribution in [3.05, 3.63) is 71.4 Å². The van der Waals surface area contributed by atoms with Crippen molar-refractivity contribution in [2.45, 2.75) is 13.3 Å². The molecule has 5 heteroatoms. The van der Waals surface area contributed by atoms with Crippen LogP contribution in [-0.4, -0.2) is 60.5 Å². The van der Waals surface area contributed by atoms with Crippen molar-refractivity contribution in [1.82, 2.24) is 14.8 Å². The van der Waals surface area contributed by atoms with Crippen LogP contribution in [0.2, 0.25) is 0 Å². The van der Waals surface area contributed by atoms with Crippen LogP contribution in [0.4, 0.5) is 0 Å². The molecule has 4 rings (SSSR count). The van der Waals surface area contributed by atoms with Crippen LogP contribution < -0.4 is 4.74 Å². The number of aryl methyl sites for hydroxylation is 1. The van der Waals surface area contributed by atoms with Gasteiger partial charge in [-0.1, -0.05) is 30.3 Å². The molecule has 0 unspecified atom stereocenters. The van der Waals surface area contributed by atoms with Gasteiger partial charge in [0.05, 0.1) is 7.11 Å². The fourth-order valence-electron chi connectivity index (χ4n) is 4.04. The fraction of sp³-hybridized carbons (Fsp3) is 0.320. The fourth-order valence-corrected chi connectivity index (χ4v) is 4.04. The maximum atomic E-state index is 12.7. The van der Waals surface area contributed by atoms with Crippen molar-refractivity contribution >= 4 is 22.9 Å². The summed E-state index contributed by atoms with van der Waals surface area (Å²) in [4.78, 5) is 20.4. The van der Waals surface area contributed by atoms with E-state index >= 15 is 0 Å². The lowest BCUT2D eigenvalue weighted by Gasteiger charge is -2.34. The van der Waals surface area contributed by atoms with Crippen LogP contribution in [-0.2, 0) is 11.2 Å². The summed E-state index contributed by atoms with van der Waals surface area (Å²) in [6.07, 6.45) is 4.68. The largest absolute Gasteiger partial charge is 0.497 e. The average Bonchev–Trinajstić information content (AvgIpc) is 3.11. The normalized spacial score (nSPS) is 15.2. The number of para-hydroxylation sites is 1.